The van der Waals surface area contributed by atoms with E-state index in [-0.39, 0.29) is 5.97 Å². The fourth-order valence-corrected chi connectivity index (χ4v) is 4.01. The van der Waals surface area contributed by atoms with Gasteiger partial charge in [0.25, 0.3) is 0 Å². The molecule has 2 aromatic rings. The molecule has 0 saturated heterocycles. The molecule has 0 spiro atoms. The molecule has 0 amide bonds. The van der Waals surface area contributed by atoms with Crippen LogP contribution in [0.2, 0.25) is 0 Å². The number of methoxy groups -OCH3 is 1. The van der Waals surface area contributed by atoms with Gasteiger partial charge in [-0.05, 0) is 43.4 Å². The number of rotatable bonds is 7. The Morgan fingerprint density at radius 3 is 2.55 bits per heavy atom. The molecule has 7 heteroatoms. The number of allylic oxidation sites excluding steroid dienone is 1. The predicted molar refractivity (Wildman–Crippen MR) is 125 cm³/mol. The average molecular weight is 441 g/mol. The summed E-state index contributed by atoms with van der Waals surface area (Å²) in [4.78, 5) is 19.5. The molecule has 0 saturated carbocycles. The Morgan fingerprint density at radius 1 is 1.16 bits per heavy atom. The summed E-state index contributed by atoms with van der Waals surface area (Å²) in [5.74, 6) is 0.869. The number of nitrogens with zero attached hydrogens (tertiary/aromatic N) is 2. The second kappa shape index (κ2) is 10.4. The number of ether oxygens (including phenoxy) is 3. The van der Waals surface area contributed by atoms with Gasteiger partial charge < -0.3 is 19.1 Å². The molecule has 6 nitrogen and oxygen atoms in total. The molecular formula is C24H28N2O4S. The zero-order chi connectivity index (χ0) is 22.4. The first-order chi connectivity index (χ1) is 15.0. The molecule has 0 radical (unpaired) electrons. The summed E-state index contributed by atoms with van der Waals surface area (Å²) in [5, 5.41) is 0.832. The van der Waals surface area contributed by atoms with Crippen LogP contribution in [0, 0.1) is 0 Å². The topological polar surface area (TPSA) is 60.4 Å². The number of esters is 1. The first-order valence-corrected chi connectivity index (χ1v) is 11.3. The molecule has 1 aliphatic rings. The van der Waals surface area contributed by atoms with Crippen molar-refractivity contribution >= 4 is 22.9 Å². The molecule has 0 N–H and O–H groups in total. The van der Waals surface area contributed by atoms with Crippen LogP contribution in [-0.2, 0) is 16.1 Å². The van der Waals surface area contributed by atoms with Gasteiger partial charge in [-0.15, -0.1) is 0 Å². The Hall–Kier alpha value is -2.93. The molecule has 0 aliphatic carbocycles. The van der Waals surface area contributed by atoms with E-state index >= 15 is 0 Å². The van der Waals surface area contributed by atoms with Crippen LogP contribution in [0.4, 0.5) is 0 Å². The van der Waals surface area contributed by atoms with Gasteiger partial charge >= 0.3 is 5.97 Å². The van der Waals surface area contributed by atoms with Gasteiger partial charge in [-0.2, -0.15) is 0 Å². The largest absolute Gasteiger partial charge is 0.493 e. The number of thioether (sulfide) groups is 1. The minimum Gasteiger partial charge on any atom is -0.493 e. The molecule has 1 atom stereocenters. The molecule has 3 rings (SSSR count). The van der Waals surface area contributed by atoms with Gasteiger partial charge in [-0.1, -0.05) is 48.2 Å². The van der Waals surface area contributed by atoms with E-state index in [0.29, 0.717) is 30.3 Å². The summed E-state index contributed by atoms with van der Waals surface area (Å²) in [6, 6.07) is 15.1. The quantitative estimate of drug-likeness (QED) is 0.576. The van der Waals surface area contributed by atoms with Crippen molar-refractivity contribution in [1.82, 2.24) is 4.90 Å². The Balaban J connectivity index is 1.95. The maximum atomic E-state index is 12.8. The van der Waals surface area contributed by atoms with Gasteiger partial charge in [-0.3, -0.25) is 0 Å². The van der Waals surface area contributed by atoms with E-state index in [1.54, 1.807) is 14.0 Å². The highest BCUT2D eigenvalue weighted by Gasteiger charge is 2.33. The molecule has 0 bridgehead atoms. The van der Waals surface area contributed by atoms with Crippen molar-refractivity contribution in [3.05, 3.63) is 70.9 Å². The fourth-order valence-electron chi connectivity index (χ4n) is 3.39. The molecule has 164 valence electrons. The van der Waals surface area contributed by atoms with E-state index in [2.05, 4.69) is 0 Å². The SMILES string of the molecule is CCOC(=O)C1=C(C)N(C)C(SC)=N[C@@H]1c1ccc(OCc2ccccc2)c(OC)c1. The van der Waals surface area contributed by atoms with Crippen LogP contribution in [0.5, 0.6) is 11.5 Å². The van der Waals surface area contributed by atoms with Crippen LogP contribution in [0.3, 0.4) is 0 Å². The molecular weight excluding hydrogens is 412 g/mol. The normalized spacial score (nSPS) is 16.1. The maximum absolute atomic E-state index is 12.8. The highest BCUT2D eigenvalue weighted by molar-refractivity contribution is 8.13. The van der Waals surface area contributed by atoms with Crippen LogP contribution in [0.1, 0.15) is 31.0 Å². The highest BCUT2D eigenvalue weighted by Crippen LogP contribution is 2.39. The third-order valence-corrected chi connectivity index (χ3v) is 5.86. The summed E-state index contributed by atoms with van der Waals surface area (Å²) in [7, 11) is 3.51. The maximum Gasteiger partial charge on any atom is 0.338 e. The van der Waals surface area contributed by atoms with Gasteiger partial charge in [0.2, 0.25) is 0 Å². The van der Waals surface area contributed by atoms with E-state index < -0.39 is 6.04 Å². The zero-order valence-corrected chi connectivity index (χ0v) is 19.4. The summed E-state index contributed by atoms with van der Waals surface area (Å²) in [6.07, 6.45) is 1.97. The molecule has 0 fully saturated rings. The van der Waals surface area contributed by atoms with Crippen molar-refractivity contribution in [2.24, 2.45) is 4.99 Å². The standard InChI is InChI=1S/C24H28N2O4S/c1-6-29-23(27)21-16(2)26(3)24(31-5)25-22(21)18-12-13-19(20(14-18)28-4)30-15-17-10-8-7-9-11-17/h7-14,22H,6,15H2,1-5H3/t22-/m1/s1. The van der Waals surface area contributed by atoms with Crippen LogP contribution in [0.25, 0.3) is 0 Å². The third kappa shape index (κ3) is 5.05. The Morgan fingerprint density at radius 2 is 1.90 bits per heavy atom. The van der Waals surface area contributed by atoms with Crippen LogP contribution >= 0.6 is 11.8 Å². The monoisotopic (exact) mass is 440 g/mol. The van der Waals surface area contributed by atoms with E-state index in [9.17, 15) is 4.79 Å². The molecule has 31 heavy (non-hydrogen) atoms. The van der Waals surface area contributed by atoms with Crippen molar-refractivity contribution in [3.63, 3.8) is 0 Å². The zero-order valence-electron chi connectivity index (χ0n) is 18.5. The van der Waals surface area contributed by atoms with E-state index in [1.165, 1.54) is 11.8 Å². The van der Waals surface area contributed by atoms with E-state index in [0.717, 1.165) is 22.0 Å². The van der Waals surface area contributed by atoms with Crippen LogP contribution in [-0.4, -0.2) is 43.1 Å². The van der Waals surface area contributed by atoms with Gasteiger partial charge in [-0.25, -0.2) is 9.79 Å². The first kappa shape index (κ1) is 22.7. The van der Waals surface area contributed by atoms with Crippen LogP contribution in [0.15, 0.2) is 64.8 Å². The summed E-state index contributed by atoms with van der Waals surface area (Å²) in [5.41, 5.74) is 3.26. The fraction of sp³-hybridized carbons (Fsp3) is 0.333. The number of benzene rings is 2. The highest BCUT2D eigenvalue weighted by atomic mass is 32.2. The second-order valence-corrected chi connectivity index (χ2v) is 7.75. The Labute approximate surface area is 187 Å². The van der Waals surface area contributed by atoms with Gasteiger partial charge in [0.05, 0.1) is 19.3 Å². The minimum atomic E-state index is -0.477. The number of hydrogen-bond donors (Lipinski definition) is 0. The van der Waals surface area contributed by atoms with Crippen molar-refractivity contribution < 1.29 is 19.0 Å². The average Bonchev–Trinajstić information content (AvgIpc) is 2.80. The van der Waals surface area contributed by atoms with Crippen molar-refractivity contribution in [1.29, 1.82) is 0 Å². The molecule has 1 aliphatic heterocycles. The van der Waals surface area contributed by atoms with Crippen molar-refractivity contribution in [3.8, 4) is 11.5 Å². The number of hydrogen-bond acceptors (Lipinski definition) is 7. The van der Waals surface area contributed by atoms with Crippen molar-refractivity contribution in [2.75, 3.05) is 27.0 Å². The molecule has 0 unspecified atom stereocenters. The lowest BCUT2D eigenvalue weighted by atomic mass is 9.96. The van der Waals surface area contributed by atoms with Gasteiger partial charge in [0, 0.05) is 12.7 Å². The van der Waals surface area contributed by atoms with Crippen molar-refractivity contribution in [2.45, 2.75) is 26.5 Å². The smallest absolute Gasteiger partial charge is 0.338 e. The summed E-state index contributed by atoms with van der Waals surface area (Å²) < 4.78 is 16.9. The second-order valence-electron chi connectivity index (χ2n) is 6.98. The van der Waals surface area contributed by atoms with E-state index in [4.69, 9.17) is 19.2 Å². The molecule has 1 heterocycles. The Bertz CT molecular complexity index is 988. The number of carbonyl (C=O) groups excluding carboxylic acids is 1. The third-order valence-electron chi connectivity index (χ3n) is 5.11. The van der Waals surface area contributed by atoms with Gasteiger partial charge in [0.1, 0.15) is 12.6 Å². The lowest BCUT2D eigenvalue weighted by molar-refractivity contribution is -0.139. The number of aliphatic imine (C=N–C) groups is 1. The first-order valence-electron chi connectivity index (χ1n) is 10.1. The van der Waals surface area contributed by atoms with Crippen LogP contribution < -0.4 is 9.47 Å². The summed E-state index contributed by atoms with van der Waals surface area (Å²) >= 11 is 1.54. The van der Waals surface area contributed by atoms with E-state index in [1.807, 2.05) is 73.7 Å². The lowest BCUT2D eigenvalue weighted by Crippen LogP contribution is -2.32. The minimum absolute atomic E-state index is 0.306. The lowest BCUT2D eigenvalue weighted by Gasteiger charge is -2.31. The van der Waals surface area contributed by atoms with Gasteiger partial charge in [0.15, 0.2) is 16.7 Å². The summed E-state index contributed by atoms with van der Waals surface area (Å²) in [6.45, 7) is 4.46. The number of carbonyl (C=O) groups is 1. The number of amidine groups is 1. The molecule has 0 aromatic heterocycles. The molecule has 2 aromatic carbocycles. The Kier molecular flexibility index (Phi) is 7.63. The predicted octanol–water partition coefficient (Wildman–Crippen LogP) is 4.82.